The Morgan fingerprint density at radius 3 is 0.667 bits per heavy atom. The fraction of sp³-hybridized carbons (Fsp3) is 1.00. The van der Waals surface area contributed by atoms with Gasteiger partial charge in [-0.3, -0.25) is 0 Å². The summed E-state index contributed by atoms with van der Waals surface area (Å²) in [5, 5.41) is 0. The molecule has 0 amide bonds. The van der Waals surface area contributed by atoms with Gasteiger partial charge in [-0.2, -0.15) is 0 Å². The van der Waals surface area contributed by atoms with E-state index in [4.69, 9.17) is 0 Å². The van der Waals surface area contributed by atoms with Crippen LogP contribution in [0.5, 0.6) is 0 Å². The van der Waals surface area contributed by atoms with Crippen LogP contribution in [-0.2, 0) is 0 Å². The molecule has 0 unspecified atom stereocenters. The number of hydrogen-bond acceptors (Lipinski definition) is 0. The van der Waals surface area contributed by atoms with Crippen molar-refractivity contribution in [1.29, 1.82) is 0 Å². The molecule has 0 spiro atoms. The average molecular weight is 147 g/mol. The summed E-state index contributed by atoms with van der Waals surface area (Å²) in [6, 6.07) is 0. The third-order valence-corrected chi connectivity index (χ3v) is 0. The molecule has 0 saturated carbocycles. The number of hydrogen-bond donors (Lipinski definition) is 0. The first-order valence-electron chi connectivity index (χ1n) is 1.79. The van der Waals surface area contributed by atoms with Crippen molar-refractivity contribution in [1.82, 2.24) is 0 Å². The van der Waals surface area contributed by atoms with Crippen molar-refractivity contribution in [2.24, 2.45) is 0 Å². The molecule has 0 atom stereocenters. The van der Waals surface area contributed by atoms with Gasteiger partial charge in [-0.25, -0.2) is 0 Å². The molecule has 0 aliphatic rings. The van der Waals surface area contributed by atoms with Crippen molar-refractivity contribution in [3.63, 3.8) is 0 Å². The topological polar surface area (TPSA) is 94.5 Å². The van der Waals surface area contributed by atoms with Crippen LogP contribution in [0.1, 0.15) is 0 Å². The second-order valence-corrected chi connectivity index (χ2v) is 2.68. The quantitative estimate of drug-likeness (QED) is 0.306. The zero-order valence-electron chi connectivity index (χ0n) is 6.33. The number of quaternary nitrogens is 1. The lowest BCUT2D eigenvalue weighted by Gasteiger charge is -2.14. The van der Waals surface area contributed by atoms with Gasteiger partial charge in [0.2, 0.25) is 0 Å². The highest BCUT2D eigenvalue weighted by Gasteiger charge is 1.88. The Balaban J connectivity index is -0.0000000133. The summed E-state index contributed by atoms with van der Waals surface area (Å²) in [6.07, 6.45) is 0. The standard InChI is InChI=1S/C4H12N.FH.3H2O/c1-5(2,3)4;;;;/h1-4H3;1H;3*1H2/q+1;;;;/p-1. The molecule has 0 bridgehead atoms. The van der Waals surface area contributed by atoms with Crippen LogP contribution >= 0.6 is 0 Å². The van der Waals surface area contributed by atoms with Gasteiger partial charge in [0.15, 0.2) is 0 Å². The van der Waals surface area contributed by atoms with Crippen LogP contribution in [0.15, 0.2) is 0 Å². The third-order valence-electron chi connectivity index (χ3n) is 0. The summed E-state index contributed by atoms with van der Waals surface area (Å²) in [6.45, 7) is 0. The summed E-state index contributed by atoms with van der Waals surface area (Å²) in [5.74, 6) is 0. The van der Waals surface area contributed by atoms with Crippen LogP contribution in [-0.4, -0.2) is 49.1 Å². The third kappa shape index (κ3) is 4890. The van der Waals surface area contributed by atoms with Crippen molar-refractivity contribution < 1.29 is 25.6 Å². The maximum Gasteiger partial charge on any atom is 0.0675 e. The van der Waals surface area contributed by atoms with Crippen LogP contribution in [0.25, 0.3) is 0 Å². The van der Waals surface area contributed by atoms with Gasteiger partial charge < -0.3 is 25.6 Å². The molecule has 0 aromatic rings. The van der Waals surface area contributed by atoms with Gasteiger partial charge in [0.05, 0.1) is 28.2 Å². The van der Waals surface area contributed by atoms with Crippen LogP contribution in [0.3, 0.4) is 0 Å². The summed E-state index contributed by atoms with van der Waals surface area (Å²) in [5.41, 5.74) is 0. The van der Waals surface area contributed by atoms with E-state index < -0.39 is 0 Å². The summed E-state index contributed by atoms with van der Waals surface area (Å²) < 4.78 is 1.00. The van der Waals surface area contributed by atoms with Crippen molar-refractivity contribution >= 4 is 0 Å². The van der Waals surface area contributed by atoms with E-state index in [9.17, 15) is 0 Å². The van der Waals surface area contributed by atoms with E-state index in [1.807, 2.05) is 0 Å². The minimum atomic E-state index is 0. The molecular weight excluding hydrogens is 129 g/mol. The minimum absolute atomic E-state index is 0. The molecule has 0 radical (unpaired) electrons. The second kappa shape index (κ2) is 10.7. The van der Waals surface area contributed by atoms with Crippen LogP contribution in [0, 0.1) is 0 Å². The molecule has 64 valence electrons. The molecule has 6 N–H and O–H groups in total. The first kappa shape index (κ1) is 37.3. The fourth-order valence-electron chi connectivity index (χ4n) is 0. The average Bonchev–Trinajstić information content (AvgIpc) is 0.722. The molecule has 0 aliphatic heterocycles. The molecule has 0 fully saturated rings. The fourth-order valence-corrected chi connectivity index (χ4v) is 0. The molecule has 0 rings (SSSR count). The molecule has 0 aliphatic carbocycles. The molecule has 4 nitrogen and oxygen atoms in total. The van der Waals surface area contributed by atoms with E-state index in [-0.39, 0.29) is 21.1 Å². The van der Waals surface area contributed by atoms with Crippen LogP contribution in [0.2, 0.25) is 0 Å². The highest BCUT2D eigenvalue weighted by molar-refractivity contribution is 3.87. The Hall–Kier alpha value is -0.230. The van der Waals surface area contributed by atoms with Gasteiger partial charge in [0.1, 0.15) is 0 Å². The Kier molecular flexibility index (Phi) is 44.3. The van der Waals surface area contributed by atoms with Crippen molar-refractivity contribution in [3.8, 4) is 0 Å². The molecule has 0 saturated heterocycles. The van der Waals surface area contributed by atoms with E-state index in [1.54, 1.807) is 0 Å². The Morgan fingerprint density at radius 2 is 0.667 bits per heavy atom. The molecule has 0 aromatic carbocycles. The normalized spacial score (nSPS) is 6.67. The maximum absolute atomic E-state index is 2.12. The summed E-state index contributed by atoms with van der Waals surface area (Å²) in [7, 11) is 8.50. The Labute approximate surface area is 55.0 Å². The molecular formula is C4H18FNO3. The van der Waals surface area contributed by atoms with E-state index >= 15 is 0 Å². The van der Waals surface area contributed by atoms with Gasteiger partial charge in [-0.15, -0.1) is 0 Å². The van der Waals surface area contributed by atoms with Crippen LogP contribution in [0.4, 0.5) is 0 Å². The lowest BCUT2D eigenvalue weighted by molar-refractivity contribution is -0.849. The SMILES string of the molecule is C[N+](C)(C)C.O.O.O.[F-]. The predicted octanol–water partition coefficient (Wildman–Crippen LogP) is -5.15. The van der Waals surface area contributed by atoms with Gasteiger partial charge >= 0.3 is 0 Å². The van der Waals surface area contributed by atoms with E-state index in [0.29, 0.717) is 0 Å². The smallest absolute Gasteiger partial charge is 0.0675 e. The van der Waals surface area contributed by atoms with Crippen LogP contribution < -0.4 is 4.70 Å². The predicted molar refractivity (Wildman–Crippen MR) is 34.8 cm³/mol. The molecule has 5 heteroatoms. The second-order valence-electron chi connectivity index (χ2n) is 2.68. The van der Waals surface area contributed by atoms with E-state index in [0.717, 1.165) is 4.48 Å². The van der Waals surface area contributed by atoms with Gasteiger partial charge in [0, 0.05) is 0 Å². The lowest BCUT2D eigenvalue weighted by atomic mass is 10.8. The molecule has 0 aromatic heterocycles. The number of nitrogens with zero attached hydrogens (tertiary/aromatic N) is 1. The van der Waals surface area contributed by atoms with Gasteiger partial charge in [0.25, 0.3) is 0 Å². The largest absolute Gasteiger partial charge is 1.00 e. The molecule has 9 heavy (non-hydrogen) atoms. The zero-order chi connectivity index (χ0) is 4.50. The van der Waals surface area contributed by atoms with Gasteiger partial charge in [-0.1, -0.05) is 0 Å². The monoisotopic (exact) mass is 147 g/mol. The summed E-state index contributed by atoms with van der Waals surface area (Å²) in [4.78, 5) is 0. The Morgan fingerprint density at radius 1 is 0.667 bits per heavy atom. The van der Waals surface area contributed by atoms with Gasteiger partial charge in [-0.05, 0) is 0 Å². The van der Waals surface area contributed by atoms with Crippen molar-refractivity contribution in [3.05, 3.63) is 0 Å². The zero-order valence-corrected chi connectivity index (χ0v) is 6.33. The number of halogens is 1. The maximum atomic E-state index is 2.12. The van der Waals surface area contributed by atoms with E-state index in [2.05, 4.69) is 28.2 Å². The van der Waals surface area contributed by atoms with Crippen molar-refractivity contribution in [2.75, 3.05) is 28.2 Å². The minimum Gasteiger partial charge on any atom is -1.00 e. The van der Waals surface area contributed by atoms with Crippen molar-refractivity contribution in [2.45, 2.75) is 0 Å². The highest BCUT2D eigenvalue weighted by atomic mass is 19.0. The first-order chi connectivity index (χ1) is 2.00. The number of rotatable bonds is 0. The first-order valence-corrected chi connectivity index (χ1v) is 1.79. The highest BCUT2D eigenvalue weighted by Crippen LogP contribution is 1.73. The summed E-state index contributed by atoms with van der Waals surface area (Å²) >= 11 is 0. The lowest BCUT2D eigenvalue weighted by Crippen LogP contribution is -3.00. The van der Waals surface area contributed by atoms with E-state index in [1.165, 1.54) is 0 Å². The Bertz CT molecular complexity index is 31.3. The molecule has 0 heterocycles.